The Hall–Kier alpha value is -1.36. The lowest BCUT2D eigenvalue weighted by molar-refractivity contribution is -0.157. The van der Waals surface area contributed by atoms with Crippen LogP contribution in [0.5, 0.6) is 0 Å². The van der Waals surface area contributed by atoms with Gasteiger partial charge < -0.3 is 9.47 Å². The van der Waals surface area contributed by atoms with Crippen LogP contribution >= 0.6 is 15.9 Å². The topological polar surface area (TPSA) is 55.9 Å². The average molecular weight is 313 g/mol. The summed E-state index contributed by atoms with van der Waals surface area (Å²) >= 11 is 3.37. The maximum atomic E-state index is 11.8. The van der Waals surface area contributed by atoms with Gasteiger partial charge in [-0.25, -0.2) is 4.79 Å². The molecule has 96 valence electrons. The van der Waals surface area contributed by atoms with Crippen LogP contribution in [0.3, 0.4) is 0 Å². The van der Waals surface area contributed by atoms with Crippen LogP contribution < -0.4 is 0 Å². The predicted molar refractivity (Wildman–Crippen MR) is 67.9 cm³/mol. The normalized spacial score (nSPS) is 18.2. The lowest BCUT2D eigenvalue weighted by Crippen LogP contribution is -2.35. The third-order valence-corrected chi connectivity index (χ3v) is 3.47. The minimum Gasteiger partial charge on any atom is -0.455 e. The number of carbonyl (C=O) groups excluding carboxylic acids is 2. The van der Waals surface area contributed by atoms with Crippen LogP contribution in [0.15, 0.2) is 28.7 Å². The Bertz CT molecular complexity index is 496. The molecule has 1 atom stereocenters. The fourth-order valence-electron chi connectivity index (χ4n) is 1.69. The predicted octanol–water partition coefficient (Wildman–Crippen LogP) is 2.24. The largest absolute Gasteiger partial charge is 0.455 e. The molecule has 0 bridgehead atoms. The van der Waals surface area contributed by atoms with Crippen molar-refractivity contribution in [2.24, 2.45) is 0 Å². The first-order chi connectivity index (χ1) is 8.40. The Labute approximate surface area is 113 Å². The third kappa shape index (κ3) is 2.90. The van der Waals surface area contributed by atoms with Crippen molar-refractivity contribution in [3.05, 3.63) is 34.3 Å². The summed E-state index contributed by atoms with van der Waals surface area (Å²) in [7, 11) is 0. The number of halogens is 1. The van der Waals surface area contributed by atoms with E-state index >= 15 is 0 Å². The Morgan fingerprint density at radius 3 is 2.61 bits per heavy atom. The number of epoxide rings is 1. The van der Waals surface area contributed by atoms with Gasteiger partial charge in [0, 0.05) is 4.47 Å². The minimum atomic E-state index is -0.907. The molecule has 1 aliphatic heterocycles. The van der Waals surface area contributed by atoms with Crippen LogP contribution in [0.4, 0.5) is 0 Å². The van der Waals surface area contributed by atoms with Crippen molar-refractivity contribution in [3.63, 3.8) is 0 Å². The number of rotatable bonds is 4. The van der Waals surface area contributed by atoms with Crippen molar-refractivity contribution in [2.45, 2.75) is 32.0 Å². The van der Waals surface area contributed by atoms with Crippen molar-refractivity contribution >= 4 is 27.9 Å². The second-order valence-electron chi connectivity index (χ2n) is 4.66. The van der Waals surface area contributed by atoms with E-state index in [9.17, 15) is 9.59 Å². The van der Waals surface area contributed by atoms with Gasteiger partial charge >= 0.3 is 11.9 Å². The lowest BCUT2D eigenvalue weighted by atomic mass is 10.1. The Balaban J connectivity index is 1.97. The van der Waals surface area contributed by atoms with Crippen molar-refractivity contribution in [1.29, 1.82) is 0 Å². The van der Waals surface area contributed by atoms with E-state index in [1.807, 2.05) is 24.3 Å². The fourth-order valence-corrected chi connectivity index (χ4v) is 2.11. The SMILES string of the molecule is CC(C)(OC(=O)Cc1ccccc1Br)C1OC1=O. The van der Waals surface area contributed by atoms with Gasteiger partial charge in [0.1, 0.15) is 0 Å². The molecule has 1 heterocycles. The zero-order valence-corrected chi connectivity index (χ0v) is 11.7. The highest BCUT2D eigenvalue weighted by molar-refractivity contribution is 9.10. The molecule has 2 rings (SSSR count). The molecule has 0 N–H and O–H groups in total. The van der Waals surface area contributed by atoms with Crippen LogP contribution in [-0.4, -0.2) is 23.6 Å². The summed E-state index contributed by atoms with van der Waals surface area (Å²) in [6.07, 6.45) is -0.466. The molecular weight excluding hydrogens is 300 g/mol. The molecule has 1 fully saturated rings. The van der Waals surface area contributed by atoms with Gasteiger partial charge in [-0.3, -0.25) is 4.79 Å². The molecule has 0 radical (unpaired) electrons. The van der Waals surface area contributed by atoms with Gasteiger partial charge in [0.15, 0.2) is 5.60 Å². The van der Waals surface area contributed by atoms with E-state index in [4.69, 9.17) is 9.47 Å². The van der Waals surface area contributed by atoms with Crippen molar-refractivity contribution in [3.8, 4) is 0 Å². The summed E-state index contributed by atoms with van der Waals surface area (Å²) < 4.78 is 10.9. The van der Waals surface area contributed by atoms with E-state index in [-0.39, 0.29) is 18.4 Å². The Morgan fingerprint density at radius 1 is 1.44 bits per heavy atom. The quantitative estimate of drug-likeness (QED) is 0.632. The van der Waals surface area contributed by atoms with Gasteiger partial charge in [0.2, 0.25) is 6.10 Å². The summed E-state index contributed by atoms with van der Waals surface area (Å²) in [5, 5.41) is 0. The Kier molecular flexibility index (Phi) is 3.43. The molecular formula is C13H13BrO4. The molecule has 4 nitrogen and oxygen atoms in total. The van der Waals surface area contributed by atoms with Gasteiger partial charge in [-0.2, -0.15) is 0 Å². The van der Waals surface area contributed by atoms with E-state index in [0.717, 1.165) is 10.0 Å². The van der Waals surface area contributed by atoms with E-state index in [1.54, 1.807) is 13.8 Å². The smallest absolute Gasteiger partial charge is 0.352 e. The van der Waals surface area contributed by atoms with Gasteiger partial charge in [0.25, 0.3) is 0 Å². The standard InChI is InChI=1S/C13H13BrO4/c1-13(2,11-12(16)17-11)18-10(15)7-8-5-3-4-6-9(8)14/h3-6,11H,7H2,1-2H3. The van der Waals surface area contributed by atoms with Crippen LogP contribution in [0.25, 0.3) is 0 Å². The fraction of sp³-hybridized carbons (Fsp3) is 0.385. The van der Waals surface area contributed by atoms with Crippen molar-refractivity contribution in [1.82, 2.24) is 0 Å². The summed E-state index contributed by atoms with van der Waals surface area (Å²) in [4.78, 5) is 22.7. The average Bonchev–Trinajstić information content (AvgIpc) is 2.99. The number of esters is 1. The molecule has 0 aromatic heterocycles. The molecule has 1 saturated heterocycles. The van der Waals surface area contributed by atoms with Crippen LogP contribution in [0.1, 0.15) is 19.4 Å². The van der Waals surface area contributed by atoms with E-state index in [2.05, 4.69) is 15.9 Å². The Morgan fingerprint density at radius 2 is 2.06 bits per heavy atom. The summed E-state index contributed by atoms with van der Waals surface area (Å²) in [6, 6.07) is 7.43. The maximum Gasteiger partial charge on any atom is 0.352 e. The number of ether oxygens (including phenoxy) is 2. The number of hydrogen-bond donors (Lipinski definition) is 0. The minimum absolute atomic E-state index is 0.158. The van der Waals surface area contributed by atoms with Crippen LogP contribution in [-0.2, 0) is 25.5 Å². The highest BCUT2D eigenvalue weighted by Crippen LogP contribution is 2.29. The molecule has 0 spiro atoms. The summed E-state index contributed by atoms with van der Waals surface area (Å²) in [5.41, 5.74) is -0.0589. The molecule has 1 aliphatic rings. The van der Waals surface area contributed by atoms with Crippen molar-refractivity contribution < 1.29 is 19.1 Å². The van der Waals surface area contributed by atoms with Crippen molar-refractivity contribution in [2.75, 3.05) is 0 Å². The van der Waals surface area contributed by atoms with Gasteiger partial charge in [-0.15, -0.1) is 0 Å². The number of benzene rings is 1. The van der Waals surface area contributed by atoms with E-state index < -0.39 is 11.7 Å². The third-order valence-electron chi connectivity index (χ3n) is 2.69. The molecule has 1 aromatic rings. The first-order valence-corrected chi connectivity index (χ1v) is 6.35. The molecule has 0 amide bonds. The number of carbonyl (C=O) groups is 2. The van der Waals surface area contributed by atoms with Gasteiger partial charge in [0.05, 0.1) is 6.42 Å². The molecule has 18 heavy (non-hydrogen) atoms. The highest BCUT2D eigenvalue weighted by Gasteiger charge is 2.53. The molecule has 0 saturated carbocycles. The highest BCUT2D eigenvalue weighted by atomic mass is 79.9. The van der Waals surface area contributed by atoms with Gasteiger partial charge in [-0.05, 0) is 25.5 Å². The lowest BCUT2D eigenvalue weighted by Gasteiger charge is -2.21. The van der Waals surface area contributed by atoms with E-state index in [0.29, 0.717) is 0 Å². The number of cyclic esters (lactones) is 1. The summed E-state index contributed by atoms with van der Waals surface area (Å²) in [6.45, 7) is 3.33. The zero-order valence-electron chi connectivity index (χ0n) is 10.1. The molecule has 5 heteroatoms. The van der Waals surface area contributed by atoms with Crippen LogP contribution in [0.2, 0.25) is 0 Å². The second kappa shape index (κ2) is 4.72. The van der Waals surface area contributed by atoms with E-state index in [1.165, 1.54) is 0 Å². The summed E-state index contributed by atoms with van der Waals surface area (Å²) in [5.74, 6) is -0.705. The van der Waals surface area contributed by atoms with Crippen LogP contribution in [0, 0.1) is 0 Å². The molecule has 1 aromatic carbocycles. The maximum absolute atomic E-state index is 11.8. The second-order valence-corrected chi connectivity index (χ2v) is 5.52. The zero-order chi connectivity index (χ0) is 13.3. The monoisotopic (exact) mass is 312 g/mol. The number of hydrogen-bond acceptors (Lipinski definition) is 4. The molecule has 0 aliphatic carbocycles. The van der Waals surface area contributed by atoms with Gasteiger partial charge in [-0.1, -0.05) is 34.1 Å². The molecule has 1 unspecified atom stereocenters. The first-order valence-electron chi connectivity index (χ1n) is 5.56. The first kappa shape index (κ1) is 13.1.